The monoisotopic (exact) mass is 204 g/mol. The van der Waals surface area contributed by atoms with Crippen LogP contribution in [0.25, 0.3) is 0 Å². The van der Waals surface area contributed by atoms with E-state index >= 15 is 0 Å². The van der Waals surface area contributed by atoms with Crippen molar-refractivity contribution in [2.45, 2.75) is 53.4 Å². The first-order valence-corrected chi connectivity index (χ1v) is 3.83. The van der Waals surface area contributed by atoms with Crippen molar-refractivity contribution in [1.29, 1.82) is 0 Å². The van der Waals surface area contributed by atoms with Crippen molar-refractivity contribution in [3.63, 3.8) is 0 Å². The summed E-state index contributed by atoms with van der Waals surface area (Å²) in [5.74, 6) is 0. The van der Waals surface area contributed by atoms with Crippen molar-refractivity contribution < 1.29 is 19.5 Å². The smallest absolute Gasteiger partial charge is 0.0654 e. The van der Waals surface area contributed by atoms with Crippen molar-refractivity contribution in [1.82, 2.24) is 0 Å². The second-order valence-electron chi connectivity index (χ2n) is 2.00. The Morgan fingerprint density at radius 1 is 0.600 bits per heavy atom. The average Bonchev–Trinajstić information content (AvgIpc) is 1.88. The molecular formula is C8H20MgZn+4. The summed E-state index contributed by atoms with van der Waals surface area (Å²) in [6.07, 6.45) is 5.28. The van der Waals surface area contributed by atoms with E-state index in [1.165, 1.54) is 25.7 Å². The van der Waals surface area contributed by atoms with Gasteiger partial charge in [0.2, 0.25) is 0 Å². The van der Waals surface area contributed by atoms with Crippen molar-refractivity contribution >= 4 is 23.1 Å². The van der Waals surface area contributed by atoms with Gasteiger partial charge in [-0.1, -0.05) is 53.4 Å². The van der Waals surface area contributed by atoms with Crippen LogP contribution in [0.5, 0.6) is 0 Å². The predicted molar refractivity (Wildman–Crippen MR) is 46.9 cm³/mol. The van der Waals surface area contributed by atoms with Crippen molar-refractivity contribution in [3.05, 3.63) is 0 Å². The molecule has 0 aromatic carbocycles. The molecule has 0 N–H and O–H groups in total. The van der Waals surface area contributed by atoms with Crippen LogP contribution in [0, 0.1) is 0 Å². The topological polar surface area (TPSA) is 0 Å². The normalized spacial score (nSPS) is 6.00. The van der Waals surface area contributed by atoms with E-state index in [0.717, 1.165) is 0 Å². The third kappa shape index (κ3) is 57.5. The second-order valence-corrected chi connectivity index (χ2v) is 2.00. The van der Waals surface area contributed by atoms with Gasteiger partial charge in [0.15, 0.2) is 0 Å². The molecule has 0 saturated heterocycles. The number of hydrogen-bond donors (Lipinski definition) is 0. The molecule has 0 aliphatic heterocycles. The molecule has 0 bridgehead atoms. The first-order valence-electron chi connectivity index (χ1n) is 3.83. The Kier molecular flexibility index (Phi) is 71.0. The average molecular weight is 206 g/mol. The van der Waals surface area contributed by atoms with Crippen LogP contribution in [0.1, 0.15) is 53.4 Å². The van der Waals surface area contributed by atoms with Crippen molar-refractivity contribution in [2.75, 3.05) is 0 Å². The summed E-state index contributed by atoms with van der Waals surface area (Å²) in [7, 11) is 0. The third-order valence-electron chi connectivity index (χ3n) is 1.000. The van der Waals surface area contributed by atoms with Gasteiger partial charge in [0.05, 0.1) is 0 Å². The van der Waals surface area contributed by atoms with Crippen LogP contribution in [-0.2, 0) is 19.5 Å². The standard InChI is InChI=1S/2C4H10.Mg.Zn/c2*1-3-4-2;;/h2*3-4H2,1-2H3;;/q;;2*+2. The Morgan fingerprint density at radius 3 is 0.700 bits per heavy atom. The Hall–Kier alpha value is 1.39. The van der Waals surface area contributed by atoms with Crippen LogP contribution < -0.4 is 0 Å². The minimum atomic E-state index is 0. The van der Waals surface area contributed by atoms with Gasteiger partial charge in [0.25, 0.3) is 0 Å². The SMILES string of the molecule is CCCC.CCCC.[Mg+2].[Zn+2]. The van der Waals surface area contributed by atoms with E-state index in [0.29, 0.717) is 0 Å². The molecule has 0 fully saturated rings. The zero-order valence-electron chi connectivity index (χ0n) is 8.24. The summed E-state index contributed by atoms with van der Waals surface area (Å²) in [6, 6.07) is 0. The fourth-order valence-electron chi connectivity index (χ4n) is 0. The van der Waals surface area contributed by atoms with E-state index in [-0.39, 0.29) is 42.5 Å². The van der Waals surface area contributed by atoms with E-state index in [1.807, 2.05) is 0 Å². The molecule has 0 heterocycles. The molecule has 0 amide bonds. The molecule has 0 radical (unpaired) electrons. The first kappa shape index (κ1) is 22.5. The summed E-state index contributed by atoms with van der Waals surface area (Å²) < 4.78 is 0. The summed E-state index contributed by atoms with van der Waals surface area (Å²) in [5.41, 5.74) is 0. The number of hydrogen-bond acceptors (Lipinski definition) is 0. The molecular weight excluding hydrogens is 186 g/mol. The van der Waals surface area contributed by atoms with Crippen LogP contribution in [0.3, 0.4) is 0 Å². The van der Waals surface area contributed by atoms with E-state index < -0.39 is 0 Å². The Morgan fingerprint density at radius 2 is 0.700 bits per heavy atom. The third-order valence-corrected chi connectivity index (χ3v) is 1.000. The van der Waals surface area contributed by atoms with Crippen LogP contribution in [-0.4, -0.2) is 23.1 Å². The molecule has 0 aliphatic carbocycles. The van der Waals surface area contributed by atoms with Gasteiger partial charge < -0.3 is 0 Å². The van der Waals surface area contributed by atoms with Gasteiger partial charge in [-0.3, -0.25) is 0 Å². The summed E-state index contributed by atoms with van der Waals surface area (Å²) >= 11 is 0. The van der Waals surface area contributed by atoms with Gasteiger partial charge >= 0.3 is 42.5 Å². The molecule has 0 spiro atoms. The van der Waals surface area contributed by atoms with Gasteiger partial charge in [-0.2, -0.15) is 0 Å². The maximum atomic E-state index is 2.18. The molecule has 0 saturated carbocycles. The van der Waals surface area contributed by atoms with Gasteiger partial charge in [0.1, 0.15) is 0 Å². The molecule has 0 aromatic rings. The molecule has 52 valence electrons. The quantitative estimate of drug-likeness (QED) is 0.608. The molecule has 2 heteroatoms. The van der Waals surface area contributed by atoms with Crippen molar-refractivity contribution in [3.8, 4) is 0 Å². The van der Waals surface area contributed by atoms with Gasteiger partial charge in [-0.15, -0.1) is 0 Å². The second kappa shape index (κ2) is 31.5. The Bertz CT molecular complexity index is 17.2. The molecule has 0 atom stereocenters. The first-order chi connectivity index (χ1) is 3.83. The maximum Gasteiger partial charge on any atom is 2.00 e. The van der Waals surface area contributed by atoms with Crippen LogP contribution in [0.15, 0.2) is 0 Å². The van der Waals surface area contributed by atoms with Gasteiger partial charge in [0, 0.05) is 0 Å². The molecule has 0 aromatic heterocycles. The number of unbranched alkanes of at least 4 members (excludes halogenated alkanes) is 2. The summed E-state index contributed by atoms with van der Waals surface area (Å²) in [4.78, 5) is 0. The fraction of sp³-hybridized carbons (Fsp3) is 1.00. The molecule has 0 unspecified atom stereocenters. The molecule has 0 aliphatic rings. The predicted octanol–water partition coefficient (Wildman–Crippen LogP) is 3.23. The van der Waals surface area contributed by atoms with Crippen LogP contribution in [0.2, 0.25) is 0 Å². The van der Waals surface area contributed by atoms with E-state index in [9.17, 15) is 0 Å². The van der Waals surface area contributed by atoms with Crippen LogP contribution >= 0.6 is 0 Å². The maximum absolute atomic E-state index is 2.18. The van der Waals surface area contributed by atoms with Gasteiger partial charge in [-0.25, -0.2) is 0 Å². The van der Waals surface area contributed by atoms with Crippen molar-refractivity contribution in [2.24, 2.45) is 0 Å². The van der Waals surface area contributed by atoms with Crippen LogP contribution in [0.4, 0.5) is 0 Å². The minimum absolute atomic E-state index is 0. The largest absolute Gasteiger partial charge is 2.00 e. The summed E-state index contributed by atoms with van der Waals surface area (Å²) in [5, 5.41) is 0. The number of rotatable bonds is 2. The zero-order valence-corrected chi connectivity index (χ0v) is 12.6. The Labute approximate surface area is 95.5 Å². The fourth-order valence-corrected chi connectivity index (χ4v) is 0. The minimum Gasteiger partial charge on any atom is -0.0654 e. The van der Waals surface area contributed by atoms with E-state index in [1.54, 1.807) is 0 Å². The zero-order chi connectivity index (χ0) is 6.83. The van der Waals surface area contributed by atoms with E-state index in [4.69, 9.17) is 0 Å². The van der Waals surface area contributed by atoms with E-state index in [2.05, 4.69) is 27.7 Å². The Balaban J connectivity index is -0.0000000300. The molecule has 0 nitrogen and oxygen atoms in total. The molecule has 10 heavy (non-hydrogen) atoms. The summed E-state index contributed by atoms with van der Waals surface area (Å²) in [6.45, 7) is 8.72. The molecule has 0 rings (SSSR count). The van der Waals surface area contributed by atoms with Gasteiger partial charge in [-0.05, 0) is 0 Å².